The van der Waals surface area contributed by atoms with Gasteiger partial charge in [0.25, 0.3) is 0 Å². The lowest BCUT2D eigenvalue weighted by Gasteiger charge is -2.19. The number of nitrogens with zero attached hydrogens (tertiary/aromatic N) is 1. The van der Waals surface area contributed by atoms with Crippen LogP contribution in [0.25, 0.3) is 10.9 Å². The summed E-state index contributed by atoms with van der Waals surface area (Å²) in [5, 5.41) is 4.01. The van der Waals surface area contributed by atoms with Gasteiger partial charge in [-0.2, -0.15) is 0 Å². The lowest BCUT2D eigenvalue weighted by atomic mass is 10.2. The fourth-order valence-electron chi connectivity index (χ4n) is 3.71. The molecule has 5 rings (SSSR count). The number of fused-ring (bicyclic) bond motifs is 2. The number of ether oxygens (including phenoxy) is 2. The molecular formula is C25H21FN2O3S. The van der Waals surface area contributed by atoms with Crippen molar-refractivity contribution in [2.24, 2.45) is 0 Å². The van der Waals surface area contributed by atoms with E-state index in [9.17, 15) is 9.18 Å². The van der Waals surface area contributed by atoms with Gasteiger partial charge in [0.1, 0.15) is 19.0 Å². The number of para-hydroxylation sites is 1. The highest BCUT2D eigenvalue weighted by molar-refractivity contribution is 8.00. The number of hydrogen-bond donors (Lipinski definition) is 1. The van der Waals surface area contributed by atoms with Crippen molar-refractivity contribution >= 4 is 34.3 Å². The molecule has 5 nitrogen and oxygen atoms in total. The zero-order chi connectivity index (χ0) is 21.9. The van der Waals surface area contributed by atoms with Gasteiger partial charge in [-0.05, 0) is 35.9 Å². The lowest BCUT2D eigenvalue weighted by molar-refractivity contribution is -0.113. The first kappa shape index (κ1) is 20.5. The summed E-state index contributed by atoms with van der Waals surface area (Å²) in [4.78, 5) is 13.6. The van der Waals surface area contributed by atoms with Crippen molar-refractivity contribution in [1.29, 1.82) is 0 Å². The van der Waals surface area contributed by atoms with Crippen molar-refractivity contribution in [3.63, 3.8) is 0 Å². The summed E-state index contributed by atoms with van der Waals surface area (Å²) in [6, 6.07) is 20.0. The Morgan fingerprint density at radius 1 is 1.00 bits per heavy atom. The van der Waals surface area contributed by atoms with Gasteiger partial charge in [-0.3, -0.25) is 4.79 Å². The van der Waals surface area contributed by atoms with Crippen LogP contribution in [0.15, 0.2) is 77.8 Å². The highest BCUT2D eigenvalue weighted by Gasteiger charge is 2.14. The summed E-state index contributed by atoms with van der Waals surface area (Å²) < 4.78 is 26.5. The molecule has 1 aliphatic rings. The zero-order valence-electron chi connectivity index (χ0n) is 17.2. The first-order valence-corrected chi connectivity index (χ1v) is 11.3. The van der Waals surface area contributed by atoms with Crippen molar-refractivity contribution in [2.45, 2.75) is 11.4 Å². The molecule has 1 N–H and O–H groups in total. The van der Waals surface area contributed by atoms with Crippen LogP contribution in [0, 0.1) is 5.82 Å². The van der Waals surface area contributed by atoms with E-state index in [0.717, 1.165) is 21.4 Å². The lowest BCUT2D eigenvalue weighted by Crippen LogP contribution is -2.17. The van der Waals surface area contributed by atoms with E-state index < -0.39 is 0 Å². The second-order valence-electron chi connectivity index (χ2n) is 7.46. The molecule has 4 aromatic rings. The molecule has 1 aliphatic heterocycles. The summed E-state index contributed by atoms with van der Waals surface area (Å²) in [7, 11) is 0. The van der Waals surface area contributed by atoms with Crippen molar-refractivity contribution < 1.29 is 18.7 Å². The quantitative estimate of drug-likeness (QED) is 0.405. The number of benzene rings is 3. The van der Waals surface area contributed by atoms with E-state index in [1.165, 1.54) is 23.9 Å². The summed E-state index contributed by atoms with van der Waals surface area (Å²) in [5.41, 5.74) is 2.77. The molecule has 1 aromatic heterocycles. The maximum Gasteiger partial charge on any atom is 0.234 e. The van der Waals surface area contributed by atoms with E-state index in [2.05, 4.69) is 28.2 Å². The minimum Gasteiger partial charge on any atom is -0.486 e. The van der Waals surface area contributed by atoms with Crippen LogP contribution in [0.3, 0.4) is 0 Å². The average molecular weight is 449 g/mol. The SMILES string of the molecule is O=C(CSc1cn(Cc2ccc(F)cc2)c2ccccc12)Nc1ccc2c(c1)OCCO2. The molecule has 0 saturated carbocycles. The van der Waals surface area contributed by atoms with E-state index in [0.29, 0.717) is 36.9 Å². The first-order chi connectivity index (χ1) is 15.7. The van der Waals surface area contributed by atoms with Crippen LogP contribution in [0.4, 0.5) is 10.1 Å². The molecule has 0 unspecified atom stereocenters. The molecule has 7 heteroatoms. The van der Waals surface area contributed by atoms with Gasteiger partial charge in [-0.1, -0.05) is 30.3 Å². The van der Waals surface area contributed by atoms with Crippen LogP contribution in [-0.4, -0.2) is 29.4 Å². The van der Waals surface area contributed by atoms with Crippen LogP contribution in [0.2, 0.25) is 0 Å². The van der Waals surface area contributed by atoms with Gasteiger partial charge in [-0.25, -0.2) is 4.39 Å². The summed E-state index contributed by atoms with van der Waals surface area (Å²) in [6.45, 7) is 1.66. The number of halogens is 1. The predicted molar refractivity (Wildman–Crippen MR) is 124 cm³/mol. The van der Waals surface area contributed by atoms with Gasteiger partial charge >= 0.3 is 0 Å². The van der Waals surface area contributed by atoms with Gasteiger partial charge < -0.3 is 19.4 Å². The summed E-state index contributed by atoms with van der Waals surface area (Å²) >= 11 is 1.49. The third-order valence-electron chi connectivity index (χ3n) is 5.20. The molecule has 0 aliphatic carbocycles. The minimum absolute atomic E-state index is 0.0953. The number of rotatable bonds is 6. The maximum atomic E-state index is 13.2. The molecule has 0 bridgehead atoms. The smallest absolute Gasteiger partial charge is 0.234 e. The molecule has 162 valence electrons. The fraction of sp³-hybridized carbons (Fsp3) is 0.160. The van der Waals surface area contributed by atoms with Crippen molar-refractivity contribution in [3.8, 4) is 11.5 Å². The standard InChI is InChI=1S/C25H21FN2O3S/c26-18-7-5-17(6-8-18)14-28-15-24(20-3-1-2-4-21(20)28)32-16-25(29)27-19-9-10-22-23(13-19)31-12-11-30-22/h1-10,13,15H,11-12,14,16H2,(H,27,29). The zero-order valence-corrected chi connectivity index (χ0v) is 18.0. The van der Waals surface area contributed by atoms with E-state index in [-0.39, 0.29) is 17.5 Å². The molecule has 3 aromatic carbocycles. The van der Waals surface area contributed by atoms with Gasteiger partial charge in [0.15, 0.2) is 11.5 Å². The molecule has 32 heavy (non-hydrogen) atoms. The molecule has 0 saturated heterocycles. The molecule has 0 fully saturated rings. The van der Waals surface area contributed by atoms with Crippen LogP contribution < -0.4 is 14.8 Å². The Morgan fingerprint density at radius 2 is 1.78 bits per heavy atom. The highest BCUT2D eigenvalue weighted by Crippen LogP contribution is 2.33. The van der Waals surface area contributed by atoms with Gasteiger partial charge in [-0.15, -0.1) is 11.8 Å². The Hall–Kier alpha value is -3.45. The molecule has 0 radical (unpaired) electrons. The Balaban J connectivity index is 1.29. The normalized spacial score (nSPS) is 12.7. The number of anilines is 1. The monoisotopic (exact) mass is 448 g/mol. The number of carbonyl (C=O) groups is 1. The summed E-state index contributed by atoms with van der Waals surface area (Å²) in [5.74, 6) is 1.27. The van der Waals surface area contributed by atoms with Crippen molar-refractivity contribution in [2.75, 3.05) is 24.3 Å². The van der Waals surface area contributed by atoms with Crippen LogP contribution in [0.5, 0.6) is 11.5 Å². The second-order valence-corrected chi connectivity index (χ2v) is 8.48. The Labute approximate surface area is 189 Å². The van der Waals surface area contributed by atoms with E-state index >= 15 is 0 Å². The largest absolute Gasteiger partial charge is 0.486 e. The molecule has 2 heterocycles. The fourth-order valence-corrected chi connectivity index (χ4v) is 4.60. The number of hydrogen-bond acceptors (Lipinski definition) is 4. The van der Waals surface area contributed by atoms with Crippen LogP contribution >= 0.6 is 11.8 Å². The van der Waals surface area contributed by atoms with Crippen LogP contribution in [0.1, 0.15) is 5.56 Å². The van der Waals surface area contributed by atoms with E-state index in [1.807, 2.05) is 18.2 Å². The minimum atomic E-state index is -0.244. The Kier molecular flexibility index (Phi) is 5.73. The predicted octanol–water partition coefficient (Wildman–Crippen LogP) is 5.33. The summed E-state index contributed by atoms with van der Waals surface area (Å²) in [6.07, 6.45) is 2.05. The topological polar surface area (TPSA) is 52.5 Å². The number of carbonyl (C=O) groups excluding carboxylic acids is 1. The number of amides is 1. The Morgan fingerprint density at radius 3 is 2.62 bits per heavy atom. The van der Waals surface area contributed by atoms with Crippen LogP contribution in [-0.2, 0) is 11.3 Å². The molecule has 0 spiro atoms. The van der Waals surface area contributed by atoms with Gasteiger partial charge in [0, 0.05) is 40.3 Å². The van der Waals surface area contributed by atoms with Crippen molar-refractivity contribution in [1.82, 2.24) is 4.57 Å². The molecular weight excluding hydrogens is 427 g/mol. The first-order valence-electron chi connectivity index (χ1n) is 10.3. The van der Waals surface area contributed by atoms with Gasteiger partial charge in [0.2, 0.25) is 5.91 Å². The molecule has 0 atom stereocenters. The third kappa shape index (κ3) is 4.43. The third-order valence-corrected chi connectivity index (χ3v) is 6.25. The van der Waals surface area contributed by atoms with Gasteiger partial charge in [0.05, 0.1) is 5.75 Å². The van der Waals surface area contributed by atoms with Crippen molar-refractivity contribution in [3.05, 3.63) is 84.3 Å². The second kappa shape index (κ2) is 8.96. The maximum absolute atomic E-state index is 13.2. The number of nitrogens with one attached hydrogen (secondary N) is 1. The molecule has 1 amide bonds. The van der Waals surface area contributed by atoms with E-state index in [1.54, 1.807) is 24.3 Å². The highest BCUT2D eigenvalue weighted by atomic mass is 32.2. The van der Waals surface area contributed by atoms with E-state index in [4.69, 9.17) is 9.47 Å². The number of thioether (sulfide) groups is 1. The average Bonchev–Trinajstić information content (AvgIpc) is 3.16. The Bertz CT molecular complexity index is 1270. The number of aromatic nitrogens is 1.